The highest BCUT2D eigenvalue weighted by Gasteiger charge is 2.20. The van der Waals surface area contributed by atoms with Gasteiger partial charge in [0.25, 0.3) is 0 Å². The molecule has 1 rings (SSSR count). The number of carbonyl (C=O) groups excluding carboxylic acids is 1. The molecule has 1 amide bonds. The van der Waals surface area contributed by atoms with Crippen molar-refractivity contribution < 1.29 is 9.21 Å². The fourth-order valence-electron chi connectivity index (χ4n) is 0.939. The first-order valence-electron chi connectivity index (χ1n) is 3.60. The van der Waals surface area contributed by atoms with Crippen molar-refractivity contribution in [2.24, 2.45) is 0 Å². The number of rotatable bonds is 3. The molecule has 0 aromatic carbocycles. The highest BCUT2D eigenvalue weighted by Crippen LogP contribution is 2.17. The van der Waals surface area contributed by atoms with Crippen molar-refractivity contribution in [3.8, 4) is 0 Å². The van der Waals surface area contributed by atoms with Crippen molar-refractivity contribution in [3.63, 3.8) is 0 Å². The Balaban J connectivity index is 2.76. The number of hydrogen-bond donors (Lipinski definition) is 1. The van der Waals surface area contributed by atoms with Crippen LogP contribution in [0.4, 0.5) is 0 Å². The first kappa shape index (κ1) is 9.13. The molecule has 0 aliphatic carbocycles. The highest BCUT2D eigenvalue weighted by atomic mass is 35.5. The molecule has 0 saturated carbocycles. The molecule has 1 N–H and O–H groups in total. The summed E-state index contributed by atoms with van der Waals surface area (Å²) >= 11 is 5.61. The second-order valence-electron chi connectivity index (χ2n) is 2.34. The van der Waals surface area contributed by atoms with Gasteiger partial charge in [0.2, 0.25) is 5.91 Å². The molecule has 1 aromatic rings. The van der Waals surface area contributed by atoms with Crippen LogP contribution in [0.25, 0.3) is 0 Å². The van der Waals surface area contributed by atoms with Gasteiger partial charge in [0.15, 0.2) is 0 Å². The van der Waals surface area contributed by atoms with Crippen molar-refractivity contribution in [2.45, 2.75) is 5.92 Å². The Hall–Kier alpha value is -0.960. The minimum absolute atomic E-state index is 0.125. The summed E-state index contributed by atoms with van der Waals surface area (Å²) in [4.78, 5) is 11.2. The third kappa shape index (κ3) is 1.80. The molecule has 0 aliphatic rings. The Labute approximate surface area is 75.7 Å². The normalized spacial score (nSPS) is 12.5. The number of hydrogen-bond acceptors (Lipinski definition) is 2. The van der Waals surface area contributed by atoms with E-state index in [9.17, 15) is 4.79 Å². The van der Waals surface area contributed by atoms with Crippen LogP contribution in [0.5, 0.6) is 0 Å². The smallest absolute Gasteiger partial charge is 0.231 e. The van der Waals surface area contributed by atoms with Crippen molar-refractivity contribution >= 4 is 17.5 Å². The number of nitrogens with one attached hydrogen (secondary N) is 1. The SMILES string of the molecule is CNC(=O)[C@H](CCl)c1ccco1. The van der Waals surface area contributed by atoms with Crippen LogP contribution in [0.3, 0.4) is 0 Å². The van der Waals surface area contributed by atoms with E-state index < -0.39 is 0 Å². The molecule has 1 heterocycles. The van der Waals surface area contributed by atoms with E-state index in [2.05, 4.69) is 5.32 Å². The van der Waals surface area contributed by atoms with Crippen LogP contribution in [0, 0.1) is 0 Å². The van der Waals surface area contributed by atoms with Gasteiger partial charge in [-0.3, -0.25) is 4.79 Å². The highest BCUT2D eigenvalue weighted by molar-refractivity contribution is 6.20. The summed E-state index contributed by atoms with van der Waals surface area (Å²) in [6.07, 6.45) is 1.53. The molecule has 0 bridgehead atoms. The lowest BCUT2D eigenvalue weighted by Gasteiger charge is -2.08. The fourth-order valence-corrected chi connectivity index (χ4v) is 1.23. The molecule has 12 heavy (non-hydrogen) atoms. The number of halogens is 1. The zero-order valence-electron chi connectivity index (χ0n) is 6.71. The molecular formula is C8H10ClNO2. The maximum absolute atomic E-state index is 11.2. The minimum atomic E-state index is -0.383. The topological polar surface area (TPSA) is 42.2 Å². The molecule has 0 fully saturated rings. The summed E-state index contributed by atoms with van der Waals surface area (Å²) in [5.74, 6) is 0.323. The van der Waals surface area contributed by atoms with E-state index in [1.165, 1.54) is 6.26 Å². The molecule has 0 unspecified atom stereocenters. The van der Waals surface area contributed by atoms with E-state index in [0.717, 1.165) is 0 Å². The predicted octanol–water partition coefficient (Wildman–Crippen LogP) is 1.35. The van der Waals surface area contributed by atoms with E-state index >= 15 is 0 Å². The summed E-state index contributed by atoms with van der Waals surface area (Å²) in [6, 6.07) is 3.47. The van der Waals surface area contributed by atoms with Gasteiger partial charge in [-0.05, 0) is 12.1 Å². The second kappa shape index (κ2) is 4.16. The van der Waals surface area contributed by atoms with Gasteiger partial charge >= 0.3 is 0 Å². The van der Waals surface area contributed by atoms with E-state index in [1.54, 1.807) is 19.2 Å². The molecule has 0 radical (unpaired) electrons. The van der Waals surface area contributed by atoms with Gasteiger partial charge in [-0.2, -0.15) is 0 Å². The fraction of sp³-hybridized carbons (Fsp3) is 0.375. The summed E-state index contributed by atoms with van der Waals surface area (Å²) in [6.45, 7) is 0. The zero-order valence-corrected chi connectivity index (χ0v) is 7.47. The van der Waals surface area contributed by atoms with Gasteiger partial charge in [0.05, 0.1) is 6.26 Å². The first-order chi connectivity index (χ1) is 5.79. The van der Waals surface area contributed by atoms with Crippen LogP contribution in [0.1, 0.15) is 11.7 Å². The largest absolute Gasteiger partial charge is 0.468 e. The van der Waals surface area contributed by atoms with E-state index in [0.29, 0.717) is 5.76 Å². The molecule has 3 nitrogen and oxygen atoms in total. The molecule has 0 spiro atoms. The lowest BCUT2D eigenvalue weighted by molar-refractivity contribution is -0.121. The van der Waals surface area contributed by atoms with Gasteiger partial charge in [-0.15, -0.1) is 11.6 Å². The Kier molecular flexibility index (Phi) is 3.17. The lowest BCUT2D eigenvalue weighted by Crippen LogP contribution is -2.26. The number of carbonyl (C=O) groups is 1. The van der Waals surface area contributed by atoms with Crippen LogP contribution in [-0.4, -0.2) is 18.8 Å². The van der Waals surface area contributed by atoms with Gasteiger partial charge in [-0.1, -0.05) is 0 Å². The Morgan fingerprint density at radius 2 is 2.58 bits per heavy atom. The van der Waals surface area contributed by atoms with Crippen molar-refractivity contribution in [1.29, 1.82) is 0 Å². The van der Waals surface area contributed by atoms with Crippen molar-refractivity contribution in [3.05, 3.63) is 24.2 Å². The standard InChI is InChI=1S/C8H10ClNO2/c1-10-8(11)6(5-9)7-3-2-4-12-7/h2-4,6H,5H2,1H3,(H,10,11)/t6-/m1/s1. The summed E-state index contributed by atoms with van der Waals surface area (Å²) in [5, 5.41) is 2.52. The van der Waals surface area contributed by atoms with Crippen molar-refractivity contribution in [2.75, 3.05) is 12.9 Å². The maximum atomic E-state index is 11.2. The Morgan fingerprint density at radius 1 is 1.83 bits per heavy atom. The number of alkyl halides is 1. The van der Waals surface area contributed by atoms with Crippen molar-refractivity contribution in [1.82, 2.24) is 5.32 Å². The molecular weight excluding hydrogens is 178 g/mol. The summed E-state index contributed by atoms with van der Waals surface area (Å²) in [5.41, 5.74) is 0. The second-order valence-corrected chi connectivity index (χ2v) is 2.65. The molecule has 66 valence electrons. The van der Waals surface area contributed by atoms with Crippen LogP contribution < -0.4 is 5.32 Å². The molecule has 1 aromatic heterocycles. The maximum Gasteiger partial charge on any atom is 0.231 e. The summed E-state index contributed by atoms with van der Waals surface area (Å²) < 4.78 is 5.06. The third-order valence-corrected chi connectivity index (χ3v) is 1.91. The number of amides is 1. The van der Waals surface area contributed by atoms with Crippen LogP contribution >= 0.6 is 11.6 Å². The van der Waals surface area contributed by atoms with E-state index in [1.807, 2.05) is 0 Å². The van der Waals surface area contributed by atoms with Crippen LogP contribution in [0.2, 0.25) is 0 Å². The van der Waals surface area contributed by atoms with Crippen LogP contribution in [-0.2, 0) is 4.79 Å². The van der Waals surface area contributed by atoms with Crippen LogP contribution in [0.15, 0.2) is 22.8 Å². The molecule has 0 saturated heterocycles. The average molecular weight is 188 g/mol. The van der Waals surface area contributed by atoms with Gasteiger partial charge in [-0.25, -0.2) is 0 Å². The molecule has 0 aliphatic heterocycles. The first-order valence-corrected chi connectivity index (χ1v) is 4.14. The minimum Gasteiger partial charge on any atom is -0.468 e. The number of furan rings is 1. The van der Waals surface area contributed by atoms with Gasteiger partial charge in [0, 0.05) is 12.9 Å². The lowest BCUT2D eigenvalue weighted by atomic mass is 10.1. The molecule has 4 heteroatoms. The zero-order chi connectivity index (χ0) is 8.97. The molecule has 1 atom stereocenters. The quantitative estimate of drug-likeness (QED) is 0.726. The third-order valence-electron chi connectivity index (χ3n) is 1.60. The Bertz CT molecular complexity index is 246. The average Bonchev–Trinajstić information content (AvgIpc) is 2.58. The van der Waals surface area contributed by atoms with Gasteiger partial charge < -0.3 is 9.73 Å². The summed E-state index contributed by atoms with van der Waals surface area (Å²) in [7, 11) is 1.57. The van der Waals surface area contributed by atoms with E-state index in [-0.39, 0.29) is 17.7 Å². The number of likely N-dealkylation sites (N-methyl/N-ethyl adjacent to an activating group) is 1. The van der Waals surface area contributed by atoms with Gasteiger partial charge in [0.1, 0.15) is 11.7 Å². The monoisotopic (exact) mass is 187 g/mol. The van der Waals surface area contributed by atoms with E-state index in [4.69, 9.17) is 16.0 Å². The Morgan fingerprint density at radius 3 is 3.00 bits per heavy atom. The predicted molar refractivity (Wildman–Crippen MR) is 46.2 cm³/mol.